The number of rotatable bonds is 13. The Bertz CT molecular complexity index is 1720. The number of halogens is 5. The molecule has 4 aromatic rings. The third-order valence-electron chi connectivity index (χ3n) is 6.47. The number of carbonyl (C=O) groups is 1. The van der Waals surface area contributed by atoms with Gasteiger partial charge >= 0.3 is 27.5 Å². The molecular weight excluding hydrogens is 671 g/mol. The number of esters is 1. The van der Waals surface area contributed by atoms with E-state index in [1.54, 1.807) is 66.7 Å². The molecule has 250 valence electrons. The van der Waals surface area contributed by atoms with Gasteiger partial charge in [0.05, 0.1) is 29.7 Å². The Kier molecular flexibility index (Phi) is 11.2. The summed E-state index contributed by atoms with van der Waals surface area (Å²) >= 11 is 0. The molecule has 8 nitrogen and oxygen atoms in total. The van der Waals surface area contributed by atoms with Gasteiger partial charge < -0.3 is 23.5 Å². The zero-order valence-corrected chi connectivity index (χ0v) is 26.4. The van der Waals surface area contributed by atoms with E-state index in [0.717, 1.165) is 34.1 Å². The van der Waals surface area contributed by atoms with Crippen LogP contribution in [0.3, 0.4) is 0 Å². The molecule has 1 atom stereocenters. The van der Waals surface area contributed by atoms with Crippen molar-refractivity contribution in [1.29, 1.82) is 0 Å². The van der Waals surface area contributed by atoms with Gasteiger partial charge in [0.15, 0.2) is 14.7 Å². The lowest BCUT2D eigenvalue weighted by Gasteiger charge is -2.27. The first kappa shape index (κ1) is 35.7. The van der Waals surface area contributed by atoms with Crippen molar-refractivity contribution >= 4 is 27.0 Å². The predicted octanol–water partition coefficient (Wildman–Crippen LogP) is 6.87. The molecule has 4 rings (SSSR count). The van der Waals surface area contributed by atoms with Crippen molar-refractivity contribution in [1.82, 2.24) is 0 Å². The lowest BCUT2D eigenvalue weighted by Crippen LogP contribution is -2.53. The molecule has 0 radical (unpaired) electrons. The molecule has 15 heteroatoms. The first-order valence-corrected chi connectivity index (χ1v) is 16.2. The summed E-state index contributed by atoms with van der Waals surface area (Å²) in [6.45, 7) is -0.639. The summed E-state index contributed by atoms with van der Waals surface area (Å²) in [4.78, 5) is 14.8. The van der Waals surface area contributed by atoms with Crippen molar-refractivity contribution in [3.63, 3.8) is 0 Å². The van der Waals surface area contributed by atoms with Crippen molar-refractivity contribution in [2.24, 2.45) is 0 Å². The Morgan fingerprint density at radius 3 is 1.72 bits per heavy atom. The number of phenolic OH excluding ortho intramolecular Hbond substituents is 1. The summed E-state index contributed by atoms with van der Waals surface area (Å²) in [6.07, 6.45) is -10.5. The summed E-state index contributed by atoms with van der Waals surface area (Å²) in [5.41, 5.74) is -0.887. The summed E-state index contributed by atoms with van der Waals surface area (Å²) in [7, 11) is -4.87. The van der Waals surface area contributed by atoms with Crippen molar-refractivity contribution in [2.45, 2.75) is 45.4 Å². The quantitative estimate of drug-likeness (QED) is 0.0698. The molecule has 0 spiro atoms. The molecular formula is C32H28F5O8S2+. The molecule has 0 fully saturated rings. The second-order valence-corrected chi connectivity index (χ2v) is 13.5. The standard InChI is InChI=1S/C32H27F5O8S2/c1-42-19-22-16-21(17-23(20-43-2)28(22)38)29(39)44-30(31(33,34)35)32(36,37)47(40,41)45-24-10-9-15-27(18-24)46(25-11-5-3-6-12-25)26-13-7-4-8-14-26/h3-18,30H,19-20H2,1-2H3/p+1. The molecule has 0 aliphatic heterocycles. The Hall–Kier alpha value is -4.18. The highest BCUT2D eigenvalue weighted by molar-refractivity contribution is 7.97. The highest BCUT2D eigenvalue weighted by atomic mass is 32.2. The fraction of sp³-hybridized carbons (Fsp3) is 0.219. The van der Waals surface area contributed by atoms with Crippen LogP contribution in [-0.2, 0) is 48.4 Å². The topological polar surface area (TPSA) is 108 Å². The molecule has 0 aliphatic carbocycles. The SMILES string of the molecule is COCc1cc(C(=O)OC(C(F)(F)F)C(F)(F)S(=O)(=O)Oc2cccc([S+](c3ccccc3)c3ccccc3)c2)cc(COC)c1O. The molecule has 1 N–H and O–H groups in total. The van der Waals surface area contributed by atoms with Gasteiger partial charge in [0, 0.05) is 31.4 Å². The molecule has 47 heavy (non-hydrogen) atoms. The van der Waals surface area contributed by atoms with Crippen LogP contribution in [0.4, 0.5) is 22.0 Å². The Morgan fingerprint density at radius 2 is 1.26 bits per heavy atom. The first-order chi connectivity index (χ1) is 22.2. The van der Waals surface area contributed by atoms with Crippen LogP contribution in [0.1, 0.15) is 21.5 Å². The predicted molar refractivity (Wildman–Crippen MR) is 161 cm³/mol. The van der Waals surface area contributed by atoms with Crippen LogP contribution < -0.4 is 4.18 Å². The summed E-state index contributed by atoms with van der Waals surface area (Å²) in [5, 5.41) is 4.51. The molecule has 0 bridgehead atoms. The van der Waals surface area contributed by atoms with E-state index in [1.165, 1.54) is 20.3 Å². The number of methoxy groups -OCH3 is 2. The maximum atomic E-state index is 15.4. The van der Waals surface area contributed by atoms with Gasteiger partial charge in [-0.25, -0.2) is 4.79 Å². The number of alkyl halides is 5. The largest absolute Gasteiger partial charge is 0.507 e. The van der Waals surface area contributed by atoms with Crippen LogP contribution in [-0.4, -0.2) is 51.2 Å². The number of phenols is 1. The normalized spacial score (nSPS) is 12.9. The molecule has 0 aromatic heterocycles. The van der Waals surface area contributed by atoms with E-state index >= 15 is 8.78 Å². The molecule has 0 saturated carbocycles. The van der Waals surface area contributed by atoms with E-state index in [9.17, 15) is 31.5 Å². The van der Waals surface area contributed by atoms with Gasteiger partial charge in [-0.3, -0.25) is 0 Å². The van der Waals surface area contributed by atoms with Crippen LogP contribution in [0.25, 0.3) is 0 Å². The van der Waals surface area contributed by atoms with E-state index in [1.807, 2.05) is 0 Å². The van der Waals surface area contributed by atoms with E-state index in [-0.39, 0.29) is 24.3 Å². The highest BCUT2D eigenvalue weighted by Crippen LogP contribution is 2.41. The van der Waals surface area contributed by atoms with Gasteiger partial charge in [-0.15, -0.1) is 0 Å². The third kappa shape index (κ3) is 8.22. The third-order valence-corrected chi connectivity index (χ3v) is 9.97. The summed E-state index contributed by atoms with van der Waals surface area (Å²) < 4.78 is 117. The smallest absolute Gasteiger partial charge is 0.432 e. The summed E-state index contributed by atoms with van der Waals surface area (Å²) in [5.74, 6) is -3.05. The zero-order valence-electron chi connectivity index (χ0n) is 24.7. The lowest BCUT2D eigenvalue weighted by molar-refractivity contribution is -0.247. The van der Waals surface area contributed by atoms with Crippen molar-refractivity contribution in [3.8, 4) is 11.5 Å². The highest BCUT2D eigenvalue weighted by Gasteiger charge is 2.67. The monoisotopic (exact) mass is 699 g/mol. The number of hydrogen-bond donors (Lipinski definition) is 1. The van der Waals surface area contributed by atoms with E-state index in [0.29, 0.717) is 4.90 Å². The molecule has 0 saturated heterocycles. The molecule has 4 aromatic carbocycles. The average Bonchev–Trinajstić information content (AvgIpc) is 3.02. The minimum absolute atomic E-state index is 0.0924. The molecule has 0 aliphatic rings. The fourth-order valence-corrected chi connectivity index (χ4v) is 7.43. The number of benzene rings is 4. The van der Waals surface area contributed by atoms with Gasteiger partial charge in [0.25, 0.3) is 6.10 Å². The van der Waals surface area contributed by atoms with Gasteiger partial charge in [0.2, 0.25) is 0 Å². The van der Waals surface area contributed by atoms with Crippen molar-refractivity contribution < 1.29 is 58.7 Å². The summed E-state index contributed by atoms with van der Waals surface area (Å²) in [6, 6.07) is 24.6. The van der Waals surface area contributed by atoms with Crippen LogP contribution in [0.2, 0.25) is 0 Å². The lowest BCUT2D eigenvalue weighted by atomic mass is 10.0. The van der Waals surface area contributed by atoms with Crippen LogP contribution in [0.5, 0.6) is 11.5 Å². The maximum absolute atomic E-state index is 15.4. The van der Waals surface area contributed by atoms with Gasteiger partial charge in [-0.2, -0.15) is 30.4 Å². The molecule has 0 heterocycles. The number of aromatic hydroxyl groups is 1. The maximum Gasteiger partial charge on any atom is 0.432 e. The number of hydrogen-bond acceptors (Lipinski definition) is 8. The Labute approximate surface area is 270 Å². The van der Waals surface area contributed by atoms with Crippen LogP contribution in [0.15, 0.2) is 112 Å². The van der Waals surface area contributed by atoms with Gasteiger partial charge in [-0.1, -0.05) is 42.5 Å². The van der Waals surface area contributed by atoms with Crippen molar-refractivity contribution in [2.75, 3.05) is 14.2 Å². The number of ether oxygens (including phenoxy) is 3. The average molecular weight is 700 g/mol. The van der Waals surface area contributed by atoms with E-state index < -0.39 is 61.6 Å². The Balaban J connectivity index is 1.67. The second-order valence-electron chi connectivity index (χ2n) is 9.84. The van der Waals surface area contributed by atoms with E-state index in [4.69, 9.17) is 9.47 Å². The van der Waals surface area contributed by atoms with E-state index in [2.05, 4.69) is 8.92 Å². The molecule has 1 unspecified atom stereocenters. The second kappa shape index (κ2) is 14.7. The minimum atomic E-state index is -6.44. The first-order valence-electron chi connectivity index (χ1n) is 13.6. The van der Waals surface area contributed by atoms with Gasteiger partial charge in [-0.05, 0) is 48.5 Å². The minimum Gasteiger partial charge on any atom is -0.507 e. The van der Waals surface area contributed by atoms with Gasteiger partial charge in [0.1, 0.15) is 11.5 Å². The van der Waals surface area contributed by atoms with Crippen LogP contribution >= 0.6 is 0 Å². The van der Waals surface area contributed by atoms with Crippen LogP contribution in [0, 0.1) is 0 Å². The Morgan fingerprint density at radius 1 is 0.766 bits per heavy atom. The van der Waals surface area contributed by atoms with Crippen molar-refractivity contribution in [3.05, 3.63) is 114 Å². The fourth-order valence-electron chi connectivity index (χ4n) is 4.40. The molecule has 0 amide bonds. The number of carbonyl (C=O) groups excluding carboxylic acids is 1. The zero-order chi connectivity index (χ0) is 34.4.